The van der Waals surface area contributed by atoms with Crippen molar-refractivity contribution in [1.29, 1.82) is 0 Å². The molecule has 2 heterocycles. The zero-order chi connectivity index (χ0) is 21.7. The van der Waals surface area contributed by atoms with Gasteiger partial charge >= 0.3 is 6.09 Å². The van der Waals surface area contributed by atoms with Crippen molar-refractivity contribution in [3.8, 4) is 0 Å². The monoisotopic (exact) mass is 415 g/mol. The van der Waals surface area contributed by atoms with Gasteiger partial charge in [0, 0.05) is 43.9 Å². The summed E-state index contributed by atoms with van der Waals surface area (Å²) in [6.07, 6.45) is 3.85. The molecule has 0 saturated carbocycles. The highest BCUT2D eigenvalue weighted by atomic mass is 16.6. The third-order valence-electron chi connectivity index (χ3n) is 5.55. The van der Waals surface area contributed by atoms with E-state index < -0.39 is 5.60 Å². The Kier molecular flexibility index (Phi) is 7.00. The number of benzene rings is 1. The molecule has 0 atom stereocenters. The van der Waals surface area contributed by atoms with Crippen LogP contribution in [0, 0.1) is 5.92 Å². The van der Waals surface area contributed by atoms with Crippen LogP contribution in [-0.2, 0) is 9.53 Å². The van der Waals surface area contributed by atoms with E-state index in [1.807, 2.05) is 25.7 Å². The van der Waals surface area contributed by atoms with Crippen LogP contribution in [0.1, 0.15) is 63.2 Å². The highest BCUT2D eigenvalue weighted by Crippen LogP contribution is 2.23. The van der Waals surface area contributed by atoms with Crippen LogP contribution >= 0.6 is 0 Å². The number of anilines is 1. The molecule has 3 rings (SSSR count). The van der Waals surface area contributed by atoms with Gasteiger partial charge in [-0.1, -0.05) is 0 Å². The topological polar surface area (TPSA) is 79.0 Å². The summed E-state index contributed by atoms with van der Waals surface area (Å²) in [5, 5.41) is 2.92. The van der Waals surface area contributed by atoms with Crippen LogP contribution in [0.25, 0.3) is 0 Å². The van der Waals surface area contributed by atoms with Gasteiger partial charge in [0.05, 0.1) is 0 Å². The summed E-state index contributed by atoms with van der Waals surface area (Å²) in [5.74, 6) is 0.270. The van der Waals surface area contributed by atoms with Crippen LogP contribution in [0.15, 0.2) is 24.3 Å². The molecule has 0 unspecified atom stereocenters. The molecule has 2 aliphatic heterocycles. The van der Waals surface area contributed by atoms with Crippen molar-refractivity contribution in [2.75, 3.05) is 31.5 Å². The maximum Gasteiger partial charge on any atom is 0.410 e. The van der Waals surface area contributed by atoms with E-state index in [1.54, 1.807) is 29.2 Å². The van der Waals surface area contributed by atoms with Gasteiger partial charge < -0.3 is 19.9 Å². The van der Waals surface area contributed by atoms with E-state index in [1.165, 1.54) is 0 Å². The fourth-order valence-electron chi connectivity index (χ4n) is 3.92. The van der Waals surface area contributed by atoms with Gasteiger partial charge in [-0.3, -0.25) is 9.59 Å². The Morgan fingerprint density at radius 1 is 0.967 bits per heavy atom. The van der Waals surface area contributed by atoms with Crippen molar-refractivity contribution in [1.82, 2.24) is 9.80 Å². The molecule has 2 saturated heterocycles. The van der Waals surface area contributed by atoms with E-state index in [9.17, 15) is 14.4 Å². The number of carbonyl (C=O) groups is 3. The van der Waals surface area contributed by atoms with Gasteiger partial charge in [-0.2, -0.15) is 0 Å². The van der Waals surface area contributed by atoms with Gasteiger partial charge in [-0.15, -0.1) is 0 Å². The van der Waals surface area contributed by atoms with E-state index >= 15 is 0 Å². The van der Waals surface area contributed by atoms with Gasteiger partial charge in [0.25, 0.3) is 5.91 Å². The Morgan fingerprint density at radius 2 is 1.57 bits per heavy atom. The van der Waals surface area contributed by atoms with E-state index in [2.05, 4.69) is 5.32 Å². The first-order valence-electron chi connectivity index (χ1n) is 10.9. The number of ether oxygens (including phenoxy) is 1. The Balaban J connectivity index is 1.43. The zero-order valence-corrected chi connectivity index (χ0v) is 18.3. The number of piperidine rings is 1. The molecule has 0 aliphatic carbocycles. The zero-order valence-electron chi connectivity index (χ0n) is 18.3. The Labute approximate surface area is 178 Å². The standard InChI is InChI=1S/C23H33N3O4/c1-23(2,3)30-22(29)26-14-10-17(11-15-26)16-20(27)24-19-8-6-18(7-9-19)21(28)25-12-4-5-13-25/h6-9,17H,4-5,10-16H2,1-3H3,(H,24,27). The van der Waals surface area contributed by atoms with Crippen molar-refractivity contribution in [3.05, 3.63) is 29.8 Å². The van der Waals surface area contributed by atoms with Crippen molar-refractivity contribution in [2.45, 2.75) is 58.5 Å². The molecule has 164 valence electrons. The van der Waals surface area contributed by atoms with E-state index in [0.717, 1.165) is 38.8 Å². The Morgan fingerprint density at radius 3 is 2.13 bits per heavy atom. The lowest BCUT2D eigenvalue weighted by Crippen LogP contribution is -2.42. The third kappa shape index (κ3) is 6.21. The van der Waals surface area contributed by atoms with Gasteiger partial charge in [0.1, 0.15) is 5.60 Å². The number of hydrogen-bond acceptors (Lipinski definition) is 4. The first kappa shape index (κ1) is 22.1. The van der Waals surface area contributed by atoms with E-state index in [0.29, 0.717) is 30.8 Å². The molecular weight excluding hydrogens is 382 g/mol. The first-order chi connectivity index (χ1) is 14.2. The van der Waals surface area contributed by atoms with E-state index in [-0.39, 0.29) is 23.8 Å². The maximum absolute atomic E-state index is 12.4. The smallest absolute Gasteiger partial charge is 0.410 e. The van der Waals surface area contributed by atoms with Crippen LogP contribution in [0.3, 0.4) is 0 Å². The van der Waals surface area contributed by atoms with Gasteiger partial charge in [-0.05, 0) is 76.6 Å². The fraction of sp³-hybridized carbons (Fsp3) is 0.609. The lowest BCUT2D eigenvalue weighted by atomic mass is 9.93. The lowest BCUT2D eigenvalue weighted by molar-refractivity contribution is -0.117. The molecule has 2 aliphatic rings. The Hall–Kier alpha value is -2.57. The average Bonchev–Trinajstić information content (AvgIpc) is 3.22. The number of hydrogen-bond donors (Lipinski definition) is 1. The summed E-state index contributed by atoms with van der Waals surface area (Å²) in [6.45, 7) is 8.44. The normalized spacial score (nSPS) is 17.7. The second kappa shape index (κ2) is 9.49. The molecule has 1 aromatic carbocycles. The quantitative estimate of drug-likeness (QED) is 0.809. The highest BCUT2D eigenvalue weighted by Gasteiger charge is 2.28. The largest absolute Gasteiger partial charge is 0.444 e. The molecule has 1 aromatic rings. The van der Waals surface area contributed by atoms with Crippen LogP contribution < -0.4 is 5.32 Å². The number of carbonyl (C=O) groups excluding carboxylic acids is 3. The molecule has 0 radical (unpaired) electrons. The van der Waals surface area contributed by atoms with Gasteiger partial charge in [-0.25, -0.2) is 4.79 Å². The first-order valence-corrected chi connectivity index (χ1v) is 10.9. The molecule has 0 aromatic heterocycles. The minimum atomic E-state index is -0.498. The second-order valence-corrected chi connectivity index (χ2v) is 9.24. The van der Waals surface area contributed by atoms with Crippen LogP contribution in [0.2, 0.25) is 0 Å². The summed E-state index contributed by atoms with van der Waals surface area (Å²) in [5.41, 5.74) is 0.858. The third-order valence-corrected chi connectivity index (χ3v) is 5.55. The molecule has 3 amide bonds. The van der Waals surface area contributed by atoms with Crippen LogP contribution in [0.4, 0.5) is 10.5 Å². The summed E-state index contributed by atoms with van der Waals surface area (Å²) in [7, 11) is 0. The summed E-state index contributed by atoms with van der Waals surface area (Å²) in [4.78, 5) is 40.5. The second-order valence-electron chi connectivity index (χ2n) is 9.24. The molecule has 1 N–H and O–H groups in total. The predicted molar refractivity (Wildman–Crippen MR) is 115 cm³/mol. The van der Waals surface area contributed by atoms with Crippen molar-refractivity contribution >= 4 is 23.6 Å². The van der Waals surface area contributed by atoms with Gasteiger partial charge in [0.15, 0.2) is 0 Å². The molecule has 2 fully saturated rings. The minimum Gasteiger partial charge on any atom is -0.444 e. The molecule has 7 heteroatoms. The lowest BCUT2D eigenvalue weighted by Gasteiger charge is -2.33. The summed E-state index contributed by atoms with van der Waals surface area (Å²) < 4.78 is 5.41. The fourth-order valence-corrected chi connectivity index (χ4v) is 3.92. The maximum atomic E-state index is 12.4. The minimum absolute atomic E-state index is 0.0377. The summed E-state index contributed by atoms with van der Waals surface area (Å²) in [6, 6.07) is 7.11. The Bertz CT molecular complexity index is 756. The van der Waals surface area contributed by atoms with Crippen molar-refractivity contribution in [2.24, 2.45) is 5.92 Å². The predicted octanol–water partition coefficient (Wildman–Crippen LogP) is 3.90. The number of amides is 3. The number of rotatable bonds is 4. The summed E-state index contributed by atoms with van der Waals surface area (Å²) >= 11 is 0. The number of nitrogens with zero attached hydrogens (tertiary/aromatic N) is 2. The van der Waals surface area contributed by atoms with Crippen molar-refractivity contribution in [3.63, 3.8) is 0 Å². The van der Waals surface area contributed by atoms with Crippen LogP contribution in [0.5, 0.6) is 0 Å². The van der Waals surface area contributed by atoms with Crippen LogP contribution in [-0.4, -0.2) is 59.5 Å². The van der Waals surface area contributed by atoms with Gasteiger partial charge in [0.2, 0.25) is 5.91 Å². The number of likely N-dealkylation sites (tertiary alicyclic amines) is 2. The highest BCUT2D eigenvalue weighted by molar-refractivity contribution is 5.96. The molecular formula is C23H33N3O4. The van der Waals surface area contributed by atoms with E-state index in [4.69, 9.17) is 4.74 Å². The molecule has 0 spiro atoms. The molecule has 0 bridgehead atoms. The molecule has 30 heavy (non-hydrogen) atoms. The SMILES string of the molecule is CC(C)(C)OC(=O)N1CCC(CC(=O)Nc2ccc(C(=O)N3CCCC3)cc2)CC1. The average molecular weight is 416 g/mol. The number of nitrogens with one attached hydrogen (secondary N) is 1. The van der Waals surface area contributed by atoms with Crippen molar-refractivity contribution < 1.29 is 19.1 Å². The molecule has 7 nitrogen and oxygen atoms in total.